The van der Waals surface area contributed by atoms with E-state index in [0.717, 1.165) is 22.4 Å². The highest BCUT2D eigenvalue weighted by Gasteiger charge is 2.37. The van der Waals surface area contributed by atoms with Gasteiger partial charge in [-0.2, -0.15) is 5.26 Å². The van der Waals surface area contributed by atoms with Gasteiger partial charge >= 0.3 is 0 Å². The van der Waals surface area contributed by atoms with E-state index in [1.54, 1.807) is 11.9 Å². The van der Waals surface area contributed by atoms with Crippen LogP contribution in [0.3, 0.4) is 0 Å². The molecule has 4 heteroatoms. The Kier molecular flexibility index (Phi) is 2.86. The highest BCUT2D eigenvalue weighted by atomic mass is 16.2. The molecule has 17 heavy (non-hydrogen) atoms. The first kappa shape index (κ1) is 11.6. The first-order valence-electron chi connectivity index (χ1n) is 5.57. The normalized spacial score (nSPS) is 18.1. The van der Waals surface area contributed by atoms with Gasteiger partial charge in [0.25, 0.3) is 0 Å². The third-order valence-corrected chi connectivity index (χ3v) is 3.34. The lowest BCUT2D eigenvalue weighted by atomic mass is 10.0. The van der Waals surface area contributed by atoms with Gasteiger partial charge in [-0.15, -0.1) is 0 Å². The monoisotopic (exact) mass is 229 g/mol. The maximum atomic E-state index is 12.2. The number of anilines is 1. The Bertz CT molecular complexity index is 516. The van der Waals surface area contributed by atoms with Crippen molar-refractivity contribution in [2.75, 3.05) is 18.5 Å². The van der Waals surface area contributed by atoms with Crippen LogP contribution in [-0.2, 0) is 4.79 Å². The van der Waals surface area contributed by atoms with Crippen LogP contribution in [0.25, 0.3) is 0 Å². The largest absolute Gasteiger partial charge is 0.305 e. The maximum Gasteiger partial charge on any atom is 0.249 e. The number of carbonyl (C=O) groups is 1. The molecule has 88 valence electrons. The molecule has 0 fully saturated rings. The predicted octanol–water partition coefficient (Wildman–Crippen LogP) is 1.43. The summed E-state index contributed by atoms with van der Waals surface area (Å²) in [5, 5.41) is 11.8. The molecule has 1 aromatic rings. The fourth-order valence-corrected chi connectivity index (χ4v) is 2.32. The van der Waals surface area contributed by atoms with Gasteiger partial charge in [-0.25, -0.2) is 0 Å². The molecule has 1 heterocycles. The van der Waals surface area contributed by atoms with Crippen molar-refractivity contribution in [1.29, 1.82) is 5.26 Å². The SMILES string of the molecule is CNC1C(=O)N(CC#N)c2c1ccc(C)c2C. The Balaban J connectivity index is 2.62. The number of likely N-dealkylation sites (N-methyl/N-ethyl adjacent to an activating group) is 1. The second-order valence-electron chi connectivity index (χ2n) is 4.25. The first-order chi connectivity index (χ1) is 8.11. The highest BCUT2D eigenvalue weighted by Crippen LogP contribution is 2.39. The van der Waals surface area contributed by atoms with Crippen molar-refractivity contribution < 1.29 is 4.79 Å². The molecular formula is C13H15N3O. The molecule has 0 aromatic heterocycles. The quantitative estimate of drug-likeness (QED) is 0.781. The van der Waals surface area contributed by atoms with Gasteiger partial charge in [0.15, 0.2) is 0 Å². The number of nitrogens with one attached hydrogen (secondary N) is 1. The van der Waals surface area contributed by atoms with E-state index in [4.69, 9.17) is 5.26 Å². The van der Waals surface area contributed by atoms with Crippen LogP contribution in [0.15, 0.2) is 12.1 Å². The van der Waals surface area contributed by atoms with Crippen molar-refractivity contribution in [3.8, 4) is 6.07 Å². The van der Waals surface area contributed by atoms with Crippen LogP contribution in [-0.4, -0.2) is 19.5 Å². The highest BCUT2D eigenvalue weighted by molar-refractivity contribution is 6.05. The van der Waals surface area contributed by atoms with E-state index in [1.165, 1.54) is 0 Å². The molecule has 1 aliphatic rings. The van der Waals surface area contributed by atoms with Crippen LogP contribution in [0.2, 0.25) is 0 Å². The number of nitriles is 1. The summed E-state index contributed by atoms with van der Waals surface area (Å²) in [5.74, 6) is -0.0437. The number of benzene rings is 1. The van der Waals surface area contributed by atoms with Crippen molar-refractivity contribution >= 4 is 11.6 Å². The van der Waals surface area contributed by atoms with Crippen LogP contribution in [0, 0.1) is 25.2 Å². The molecule has 1 unspecified atom stereocenters. The molecule has 1 atom stereocenters. The van der Waals surface area contributed by atoms with Crippen molar-refractivity contribution in [3.63, 3.8) is 0 Å². The van der Waals surface area contributed by atoms with E-state index >= 15 is 0 Å². The van der Waals surface area contributed by atoms with Gasteiger partial charge in [-0.05, 0) is 32.0 Å². The lowest BCUT2D eigenvalue weighted by molar-refractivity contribution is -0.119. The van der Waals surface area contributed by atoms with E-state index in [9.17, 15) is 4.79 Å². The Hall–Kier alpha value is -1.86. The lowest BCUT2D eigenvalue weighted by Gasteiger charge is -2.16. The third-order valence-electron chi connectivity index (χ3n) is 3.34. The van der Waals surface area contributed by atoms with Gasteiger partial charge in [0.05, 0.1) is 11.8 Å². The summed E-state index contributed by atoms with van der Waals surface area (Å²) in [6.07, 6.45) is 0. The Morgan fingerprint density at radius 3 is 2.76 bits per heavy atom. The minimum Gasteiger partial charge on any atom is -0.305 e. The van der Waals surface area contributed by atoms with Gasteiger partial charge in [-0.3, -0.25) is 9.69 Å². The number of rotatable bonds is 2. The van der Waals surface area contributed by atoms with Crippen LogP contribution in [0.4, 0.5) is 5.69 Å². The number of carbonyl (C=O) groups excluding carboxylic acids is 1. The minimum atomic E-state index is -0.322. The fourth-order valence-electron chi connectivity index (χ4n) is 2.32. The number of fused-ring (bicyclic) bond motifs is 1. The fraction of sp³-hybridized carbons (Fsp3) is 0.385. The summed E-state index contributed by atoms with van der Waals surface area (Å²) in [5.41, 5.74) is 4.08. The van der Waals surface area contributed by atoms with Crippen molar-refractivity contribution in [1.82, 2.24) is 5.32 Å². The van der Waals surface area contributed by atoms with Gasteiger partial charge in [-0.1, -0.05) is 12.1 Å². The molecule has 0 spiro atoms. The summed E-state index contributed by atoms with van der Waals surface area (Å²) in [4.78, 5) is 13.7. The smallest absolute Gasteiger partial charge is 0.249 e. The van der Waals surface area contributed by atoms with Gasteiger partial charge in [0.2, 0.25) is 5.91 Å². The molecule has 2 rings (SSSR count). The number of hydrogen-bond donors (Lipinski definition) is 1. The summed E-state index contributed by atoms with van der Waals surface area (Å²) in [6.45, 7) is 4.11. The number of amides is 1. The molecular weight excluding hydrogens is 214 g/mol. The molecule has 1 amide bonds. The molecule has 0 bridgehead atoms. The molecule has 0 saturated heterocycles. The average molecular weight is 229 g/mol. The Morgan fingerprint density at radius 1 is 1.47 bits per heavy atom. The zero-order chi connectivity index (χ0) is 12.6. The summed E-state index contributed by atoms with van der Waals surface area (Å²) >= 11 is 0. The van der Waals surface area contributed by atoms with Crippen molar-refractivity contribution in [2.45, 2.75) is 19.9 Å². The van der Waals surface area contributed by atoms with Gasteiger partial charge < -0.3 is 5.32 Å². The minimum absolute atomic E-state index is 0.0437. The van der Waals surface area contributed by atoms with Crippen LogP contribution in [0.5, 0.6) is 0 Å². The Labute approximate surface area is 101 Å². The van der Waals surface area contributed by atoms with E-state index < -0.39 is 0 Å². The van der Waals surface area contributed by atoms with Crippen LogP contribution >= 0.6 is 0 Å². The number of nitrogens with zero attached hydrogens (tertiary/aromatic N) is 2. The summed E-state index contributed by atoms with van der Waals surface area (Å²) < 4.78 is 0. The molecule has 1 aliphatic heterocycles. The van der Waals surface area contributed by atoms with E-state index in [0.29, 0.717) is 0 Å². The van der Waals surface area contributed by atoms with Crippen molar-refractivity contribution in [2.24, 2.45) is 0 Å². The Morgan fingerprint density at radius 2 is 2.18 bits per heavy atom. The van der Waals surface area contributed by atoms with Crippen LogP contribution < -0.4 is 10.2 Å². The maximum absolute atomic E-state index is 12.2. The second kappa shape index (κ2) is 4.19. The zero-order valence-electron chi connectivity index (χ0n) is 10.2. The van der Waals surface area contributed by atoms with Gasteiger partial charge in [0.1, 0.15) is 12.6 Å². The molecule has 0 aliphatic carbocycles. The lowest BCUT2D eigenvalue weighted by Crippen LogP contribution is -2.33. The summed E-state index contributed by atoms with van der Waals surface area (Å²) in [6, 6.07) is 5.71. The third kappa shape index (κ3) is 1.60. The van der Waals surface area contributed by atoms with E-state index in [2.05, 4.69) is 5.32 Å². The molecule has 0 saturated carbocycles. The molecule has 1 N–H and O–H groups in total. The van der Waals surface area contributed by atoms with Crippen molar-refractivity contribution in [3.05, 3.63) is 28.8 Å². The van der Waals surface area contributed by atoms with E-state index in [-0.39, 0.29) is 18.5 Å². The van der Waals surface area contributed by atoms with Gasteiger partial charge in [0, 0.05) is 5.56 Å². The van der Waals surface area contributed by atoms with Crippen LogP contribution in [0.1, 0.15) is 22.7 Å². The molecule has 4 nitrogen and oxygen atoms in total. The molecule has 1 aromatic carbocycles. The second-order valence-corrected chi connectivity index (χ2v) is 4.25. The molecule has 0 radical (unpaired) electrons. The topological polar surface area (TPSA) is 56.1 Å². The standard InChI is InChI=1S/C13H15N3O/c1-8-4-5-10-11(15-3)13(17)16(7-6-14)12(10)9(8)2/h4-5,11,15H,7H2,1-3H3. The predicted molar refractivity (Wildman–Crippen MR) is 65.7 cm³/mol. The summed E-state index contributed by atoms with van der Waals surface area (Å²) in [7, 11) is 1.76. The number of aryl methyl sites for hydroxylation is 1. The first-order valence-corrected chi connectivity index (χ1v) is 5.57. The zero-order valence-corrected chi connectivity index (χ0v) is 10.2. The average Bonchev–Trinajstić information content (AvgIpc) is 2.58. The van der Waals surface area contributed by atoms with E-state index in [1.807, 2.05) is 32.0 Å². The number of hydrogen-bond acceptors (Lipinski definition) is 3.